The average molecular weight is 632 g/mol. The van der Waals surface area contributed by atoms with Crippen molar-refractivity contribution < 1.29 is 4.79 Å². The number of ketones is 1. The fourth-order valence-electron chi connectivity index (χ4n) is 6.94. The van der Waals surface area contributed by atoms with Gasteiger partial charge >= 0.3 is 0 Å². The summed E-state index contributed by atoms with van der Waals surface area (Å²) < 4.78 is 0. The zero-order chi connectivity index (χ0) is 33.1. The lowest BCUT2D eigenvalue weighted by Crippen LogP contribution is -2.30. The van der Waals surface area contributed by atoms with Gasteiger partial charge in [-0.05, 0) is 69.4 Å². The van der Waals surface area contributed by atoms with E-state index in [0.29, 0.717) is 28.8 Å². The number of pyridine rings is 2. The molecule has 0 atom stereocenters. The zero-order valence-corrected chi connectivity index (χ0v) is 26.9. The molecule has 0 unspecified atom stereocenters. The van der Waals surface area contributed by atoms with Crippen LogP contribution in [0.4, 0.5) is 0 Å². The summed E-state index contributed by atoms with van der Waals surface area (Å²) >= 11 is 0. The van der Waals surface area contributed by atoms with Crippen molar-refractivity contribution in [3.05, 3.63) is 162 Å². The van der Waals surface area contributed by atoms with E-state index in [9.17, 15) is 4.79 Å². The van der Waals surface area contributed by atoms with E-state index < -0.39 is 0 Å². The molecule has 49 heavy (non-hydrogen) atoms. The Morgan fingerprint density at radius 2 is 1.10 bits per heavy atom. The Morgan fingerprint density at radius 1 is 0.469 bits per heavy atom. The standard InChI is InChI=1S/C43H29N5O/c1-43(2)35-12-6-5-11-33(35)38(49)34-25-31(19-21-36(34)43)27-13-16-29(17-14-27)40-46-41(32-18-15-26-8-3-4-9-30(26)24-32)48-42(47-40)37-22-20-28-10-7-23-44-39(28)45-37/h3-25H,1-2H3. The van der Waals surface area contributed by atoms with Crippen LogP contribution in [0, 0.1) is 0 Å². The van der Waals surface area contributed by atoms with Gasteiger partial charge in [-0.2, -0.15) is 0 Å². The summed E-state index contributed by atoms with van der Waals surface area (Å²) in [7, 11) is 0. The Bertz CT molecular complexity index is 2510. The number of fused-ring (bicyclic) bond motifs is 4. The molecule has 0 bridgehead atoms. The fraction of sp³-hybridized carbons (Fsp3) is 0.0698. The second kappa shape index (κ2) is 11.1. The van der Waals surface area contributed by atoms with E-state index in [1.807, 2.05) is 78.9 Å². The molecular formula is C43H29N5O. The Labute approximate surface area is 283 Å². The van der Waals surface area contributed by atoms with Crippen molar-refractivity contribution >= 4 is 27.6 Å². The Hall–Kier alpha value is -6.40. The van der Waals surface area contributed by atoms with E-state index in [2.05, 4.69) is 73.4 Å². The maximum Gasteiger partial charge on any atom is 0.193 e. The van der Waals surface area contributed by atoms with Crippen LogP contribution in [0.5, 0.6) is 0 Å². The Kier molecular flexibility index (Phi) is 6.52. The summed E-state index contributed by atoms with van der Waals surface area (Å²) in [6, 6.07) is 44.6. The predicted molar refractivity (Wildman–Crippen MR) is 194 cm³/mol. The monoisotopic (exact) mass is 631 g/mol. The highest BCUT2D eigenvalue weighted by molar-refractivity contribution is 6.13. The van der Waals surface area contributed by atoms with E-state index in [1.54, 1.807) is 6.20 Å². The lowest BCUT2D eigenvalue weighted by Gasteiger charge is -2.34. The largest absolute Gasteiger partial charge is 0.289 e. The molecule has 0 N–H and O–H groups in total. The predicted octanol–water partition coefficient (Wildman–Crippen LogP) is 9.51. The number of benzene rings is 5. The molecule has 232 valence electrons. The van der Waals surface area contributed by atoms with Gasteiger partial charge in [0.15, 0.2) is 28.9 Å². The first-order chi connectivity index (χ1) is 23.9. The first-order valence-corrected chi connectivity index (χ1v) is 16.3. The van der Waals surface area contributed by atoms with Crippen molar-refractivity contribution in [1.29, 1.82) is 0 Å². The second-order valence-electron chi connectivity index (χ2n) is 13.0. The number of nitrogens with zero attached hydrogens (tertiary/aromatic N) is 5. The summed E-state index contributed by atoms with van der Waals surface area (Å²) in [6.07, 6.45) is 1.73. The molecule has 0 amide bonds. The van der Waals surface area contributed by atoms with Crippen LogP contribution in [0.1, 0.15) is 40.9 Å². The molecule has 0 spiro atoms. The van der Waals surface area contributed by atoms with Crippen LogP contribution < -0.4 is 0 Å². The molecule has 9 rings (SSSR count). The van der Waals surface area contributed by atoms with Crippen LogP contribution in [-0.2, 0) is 5.41 Å². The van der Waals surface area contributed by atoms with Crippen molar-refractivity contribution in [2.24, 2.45) is 0 Å². The number of hydrogen-bond acceptors (Lipinski definition) is 6. The van der Waals surface area contributed by atoms with Crippen molar-refractivity contribution in [3.63, 3.8) is 0 Å². The van der Waals surface area contributed by atoms with Crippen LogP contribution in [0.2, 0.25) is 0 Å². The Balaban J connectivity index is 1.13. The Morgan fingerprint density at radius 3 is 1.96 bits per heavy atom. The molecule has 0 saturated carbocycles. The van der Waals surface area contributed by atoms with Crippen LogP contribution in [0.3, 0.4) is 0 Å². The highest BCUT2D eigenvalue weighted by Crippen LogP contribution is 2.42. The molecule has 5 aromatic carbocycles. The van der Waals surface area contributed by atoms with Crippen molar-refractivity contribution in [2.45, 2.75) is 19.3 Å². The van der Waals surface area contributed by atoms with Crippen LogP contribution in [0.25, 0.3) is 67.2 Å². The lowest BCUT2D eigenvalue weighted by molar-refractivity contribution is 0.103. The summed E-state index contributed by atoms with van der Waals surface area (Å²) in [6.45, 7) is 4.37. The van der Waals surface area contributed by atoms with Crippen LogP contribution in [-0.4, -0.2) is 30.7 Å². The smallest absolute Gasteiger partial charge is 0.193 e. The third kappa shape index (κ3) is 4.88. The maximum absolute atomic E-state index is 13.6. The highest BCUT2D eigenvalue weighted by Gasteiger charge is 2.36. The van der Waals surface area contributed by atoms with E-state index in [1.165, 1.54) is 0 Å². The van der Waals surface area contributed by atoms with Gasteiger partial charge in [-0.1, -0.05) is 111 Å². The first-order valence-electron chi connectivity index (χ1n) is 16.3. The van der Waals surface area contributed by atoms with E-state index in [4.69, 9.17) is 19.9 Å². The first kappa shape index (κ1) is 28.8. The van der Waals surface area contributed by atoms with Gasteiger partial charge < -0.3 is 0 Å². The summed E-state index contributed by atoms with van der Waals surface area (Å²) in [4.78, 5) is 37.7. The molecule has 0 saturated heterocycles. The number of hydrogen-bond donors (Lipinski definition) is 0. The molecule has 0 aliphatic heterocycles. The second-order valence-corrected chi connectivity index (χ2v) is 13.0. The van der Waals surface area contributed by atoms with Crippen molar-refractivity contribution in [2.75, 3.05) is 0 Å². The molecule has 1 aliphatic carbocycles. The molecule has 0 fully saturated rings. The van der Waals surface area contributed by atoms with Crippen molar-refractivity contribution in [1.82, 2.24) is 24.9 Å². The van der Waals surface area contributed by atoms with Crippen LogP contribution in [0.15, 0.2) is 140 Å². The van der Waals surface area contributed by atoms with Gasteiger partial charge in [0.2, 0.25) is 0 Å². The molecule has 1 aliphatic rings. The molecule has 6 nitrogen and oxygen atoms in total. The minimum absolute atomic E-state index is 0.0693. The molecular weight excluding hydrogens is 603 g/mol. The minimum atomic E-state index is -0.267. The minimum Gasteiger partial charge on any atom is -0.289 e. The topological polar surface area (TPSA) is 81.5 Å². The molecule has 3 aromatic heterocycles. The number of rotatable bonds is 4. The molecule has 6 heteroatoms. The lowest BCUT2D eigenvalue weighted by atomic mass is 9.68. The molecule has 8 aromatic rings. The van der Waals surface area contributed by atoms with Gasteiger partial charge in [0.1, 0.15) is 5.69 Å². The van der Waals surface area contributed by atoms with Gasteiger partial charge in [0, 0.05) is 39.3 Å². The SMILES string of the molecule is CC1(C)c2ccccc2C(=O)c2cc(-c3ccc(-c4nc(-c5ccc6ccccc6c5)nc(-c5ccc6cccnc6n5)n4)cc3)ccc21. The van der Waals surface area contributed by atoms with Gasteiger partial charge in [-0.15, -0.1) is 0 Å². The average Bonchev–Trinajstić information content (AvgIpc) is 3.16. The summed E-state index contributed by atoms with van der Waals surface area (Å²) in [5.74, 6) is 1.65. The fourth-order valence-corrected chi connectivity index (χ4v) is 6.94. The van der Waals surface area contributed by atoms with Crippen LogP contribution >= 0.6 is 0 Å². The quantitative estimate of drug-likeness (QED) is 0.192. The zero-order valence-electron chi connectivity index (χ0n) is 26.9. The number of carbonyl (C=O) groups is 1. The number of aromatic nitrogens is 5. The third-order valence-corrected chi connectivity index (χ3v) is 9.60. The third-order valence-electron chi connectivity index (χ3n) is 9.60. The molecule has 3 heterocycles. The number of carbonyl (C=O) groups excluding carboxylic acids is 1. The summed E-state index contributed by atoms with van der Waals surface area (Å²) in [5, 5.41) is 3.20. The van der Waals surface area contributed by atoms with Gasteiger partial charge in [-0.25, -0.2) is 24.9 Å². The normalized spacial score (nSPS) is 13.3. The van der Waals surface area contributed by atoms with E-state index >= 15 is 0 Å². The highest BCUT2D eigenvalue weighted by atomic mass is 16.1. The van der Waals surface area contributed by atoms with Gasteiger partial charge in [0.05, 0.1) is 0 Å². The van der Waals surface area contributed by atoms with E-state index in [-0.39, 0.29) is 11.2 Å². The molecule has 0 radical (unpaired) electrons. The van der Waals surface area contributed by atoms with Crippen molar-refractivity contribution in [3.8, 4) is 45.4 Å². The van der Waals surface area contributed by atoms with Gasteiger partial charge in [-0.3, -0.25) is 4.79 Å². The maximum atomic E-state index is 13.6. The van der Waals surface area contributed by atoms with E-state index in [0.717, 1.165) is 60.7 Å². The van der Waals surface area contributed by atoms with Gasteiger partial charge in [0.25, 0.3) is 0 Å². The summed E-state index contributed by atoms with van der Waals surface area (Å²) in [5.41, 5.74) is 8.36.